The van der Waals surface area contributed by atoms with Crippen LogP contribution in [0.25, 0.3) is 0 Å². The molecule has 0 aromatic heterocycles. The first kappa shape index (κ1) is 17.5. The van der Waals surface area contributed by atoms with Crippen LogP contribution in [0.4, 0.5) is 0 Å². The Kier molecular flexibility index (Phi) is 6.64. The molecule has 6 nitrogen and oxygen atoms in total. The van der Waals surface area contributed by atoms with Crippen molar-refractivity contribution in [2.45, 2.75) is 17.7 Å². The van der Waals surface area contributed by atoms with Gasteiger partial charge in [0.25, 0.3) is 0 Å². The zero-order valence-electron chi connectivity index (χ0n) is 12.4. The summed E-state index contributed by atoms with van der Waals surface area (Å²) in [5.74, 6) is 0.0591. The Labute approximate surface area is 125 Å². The normalized spacial score (nSPS) is 11.2. The smallest absolute Gasteiger partial charge is 0.223 e. The molecule has 0 fully saturated rings. The van der Waals surface area contributed by atoms with Gasteiger partial charge < -0.3 is 15.4 Å². The van der Waals surface area contributed by atoms with E-state index < -0.39 is 9.84 Å². The lowest BCUT2D eigenvalue weighted by Crippen LogP contribution is -2.30. The number of carbonyl (C=O) groups is 1. The van der Waals surface area contributed by atoms with Gasteiger partial charge in [0.1, 0.15) is 5.75 Å². The van der Waals surface area contributed by atoms with Crippen LogP contribution in [0.3, 0.4) is 0 Å². The number of rotatable bonds is 8. The average molecular weight is 314 g/mol. The summed E-state index contributed by atoms with van der Waals surface area (Å²) in [6.07, 6.45) is 0.658. The van der Waals surface area contributed by atoms with Crippen LogP contribution in [0.2, 0.25) is 0 Å². The molecule has 0 spiro atoms. The molecule has 0 saturated carbocycles. The molecular weight excluding hydrogens is 292 g/mol. The van der Waals surface area contributed by atoms with Crippen molar-refractivity contribution in [1.29, 1.82) is 0 Å². The second-order valence-corrected chi connectivity index (χ2v) is 6.81. The van der Waals surface area contributed by atoms with Gasteiger partial charge in [-0.3, -0.25) is 4.79 Å². The number of carbonyl (C=O) groups excluding carboxylic acids is 1. The van der Waals surface area contributed by atoms with Crippen LogP contribution in [0.15, 0.2) is 29.2 Å². The van der Waals surface area contributed by atoms with Gasteiger partial charge in [0, 0.05) is 20.0 Å². The molecule has 2 N–H and O–H groups in total. The van der Waals surface area contributed by atoms with Crippen LogP contribution in [-0.4, -0.2) is 52.2 Å². The van der Waals surface area contributed by atoms with Crippen molar-refractivity contribution in [3.8, 4) is 5.75 Å². The molecule has 0 heterocycles. The van der Waals surface area contributed by atoms with Gasteiger partial charge in [0.05, 0.1) is 17.8 Å². The average Bonchev–Trinajstić information content (AvgIpc) is 2.50. The molecule has 0 aliphatic rings. The van der Waals surface area contributed by atoms with Crippen LogP contribution in [0, 0.1) is 0 Å². The summed E-state index contributed by atoms with van der Waals surface area (Å²) in [6.45, 7) is 1.04. The Morgan fingerprint density at radius 1 is 1.38 bits per heavy atom. The van der Waals surface area contributed by atoms with Gasteiger partial charge in [0.15, 0.2) is 9.84 Å². The maximum absolute atomic E-state index is 12.2. The van der Waals surface area contributed by atoms with E-state index in [2.05, 4.69) is 0 Å². The first-order chi connectivity index (χ1) is 9.90. The highest BCUT2D eigenvalue weighted by Crippen LogP contribution is 2.18. The van der Waals surface area contributed by atoms with Gasteiger partial charge >= 0.3 is 0 Å². The number of sulfone groups is 1. The lowest BCUT2D eigenvalue weighted by Gasteiger charge is -2.16. The minimum absolute atomic E-state index is 0.0411. The monoisotopic (exact) mass is 314 g/mol. The largest absolute Gasteiger partial charge is 0.497 e. The number of methoxy groups -OCH3 is 1. The van der Waals surface area contributed by atoms with Gasteiger partial charge in [-0.1, -0.05) is 6.07 Å². The summed E-state index contributed by atoms with van der Waals surface area (Å²) in [4.78, 5) is 13.5. The number of amides is 1. The second kappa shape index (κ2) is 7.99. The van der Waals surface area contributed by atoms with Crippen molar-refractivity contribution in [1.82, 2.24) is 4.90 Å². The zero-order valence-corrected chi connectivity index (χ0v) is 13.2. The highest BCUT2D eigenvalue weighted by Gasteiger charge is 2.18. The molecule has 0 atom stereocenters. The van der Waals surface area contributed by atoms with Crippen LogP contribution < -0.4 is 10.5 Å². The predicted molar refractivity (Wildman–Crippen MR) is 81.0 cm³/mol. The van der Waals surface area contributed by atoms with E-state index in [1.54, 1.807) is 19.2 Å². The van der Waals surface area contributed by atoms with Crippen LogP contribution in [-0.2, 0) is 14.6 Å². The summed E-state index contributed by atoms with van der Waals surface area (Å²) < 4.78 is 29.4. The molecular formula is C14H22N2O4S. The van der Waals surface area contributed by atoms with Crippen molar-refractivity contribution in [2.24, 2.45) is 5.73 Å². The molecule has 0 aliphatic heterocycles. The molecule has 0 radical (unpaired) electrons. The summed E-state index contributed by atoms with van der Waals surface area (Å²) in [7, 11) is -0.371. The Balaban J connectivity index is 2.66. The second-order valence-electron chi connectivity index (χ2n) is 4.71. The summed E-state index contributed by atoms with van der Waals surface area (Å²) >= 11 is 0. The van der Waals surface area contributed by atoms with Gasteiger partial charge in [-0.2, -0.15) is 0 Å². The Bertz CT molecular complexity index is 572. The van der Waals surface area contributed by atoms with Gasteiger partial charge in [-0.15, -0.1) is 0 Å². The van der Waals surface area contributed by atoms with Crippen LogP contribution in [0.5, 0.6) is 5.75 Å². The maximum atomic E-state index is 12.2. The van der Waals surface area contributed by atoms with E-state index in [0.717, 1.165) is 0 Å². The molecule has 1 amide bonds. The summed E-state index contributed by atoms with van der Waals surface area (Å²) in [5, 5.41) is 0. The minimum atomic E-state index is -3.49. The van der Waals surface area contributed by atoms with E-state index in [9.17, 15) is 13.2 Å². The maximum Gasteiger partial charge on any atom is 0.223 e. The zero-order chi connectivity index (χ0) is 15.9. The Morgan fingerprint density at radius 2 is 2.10 bits per heavy atom. The molecule has 0 unspecified atom stereocenters. The first-order valence-corrected chi connectivity index (χ1v) is 8.37. The van der Waals surface area contributed by atoms with E-state index in [1.807, 2.05) is 0 Å². The van der Waals surface area contributed by atoms with Crippen molar-refractivity contribution in [2.75, 3.05) is 33.0 Å². The summed E-state index contributed by atoms with van der Waals surface area (Å²) in [5.41, 5.74) is 5.38. The van der Waals surface area contributed by atoms with Crippen molar-refractivity contribution in [3.05, 3.63) is 24.3 Å². The van der Waals surface area contributed by atoms with Crippen LogP contribution in [0.1, 0.15) is 12.8 Å². The fourth-order valence-corrected chi connectivity index (χ4v) is 3.04. The topological polar surface area (TPSA) is 89.7 Å². The van der Waals surface area contributed by atoms with E-state index >= 15 is 0 Å². The molecule has 0 saturated heterocycles. The SMILES string of the molecule is COc1cccc(S(=O)(=O)CCC(=O)N(C)CCCN)c1. The molecule has 1 aromatic carbocycles. The summed E-state index contributed by atoms with van der Waals surface area (Å²) in [6, 6.07) is 6.24. The Morgan fingerprint density at radius 3 is 2.71 bits per heavy atom. The molecule has 21 heavy (non-hydrogen) atoms. The Hall–Kier alpha value is -1.60. The number of ether oxygens (including phenoxy) is 1. The third-order valence-electron chi connectivity index (χ3n) is 3.11. The highest BCUT2D eigenvalue weighted by molar-refractivity contribution is 7.91. The molecule has 1 aromatic rings. The minimum Gasteiger partial charge on any atom is -0.497 e. The van der Waals surface area contributed by atoms with Gasteiger partial charge in [0.2, 0.25) is 5.91 Å². The van der Waals surface area contributed by atoms with Crippen molar-refractivity contribution < 1.29 is 17.9 Å². The van der Waals surface area contributed by atoms with Gasteiger partial charge in [-0.25, -0.2) is 8.42 Å². The highest BCUT2D eigenvalue weighted by atomic mass is 32.2. The molecule has 0 aliphatic carbocycles. The van der Waals surface area contributed by atoms with E-state index in [4.69, 9.17) is 10.5 Å². The molecule has 0 bridgehead atoms. The number of hydrogen-bond acceptors (Lipinski definition) is 5. The number of nitrogens with zero attached hydrogens (tertiary/aromatic N) is 1. The fourth-order valence-electron chi connectivity index (χ4n) is 1.78. The standard InChI is InChI=1S/C14H22N2O4S/c1-16(9-4-8-15)14(17)7-10-21(18,19)13-6-3-5-12(11-13)20-2/h3,5-6,11H,4,7-10,15H2,1-2H3. The molecule has 118 valence electrons. The van der Waals surface area contributed by atoms with E-state index in [0.29, 0.717) is 25.3 Å². The quantitative estimate of drug-likeness (QED) is 0.761. The number of nitrogens with two attached hydrogens (primary N) is 1. The predicted octanol–water partition coefficient (Wildman–Crippen LogP) is 0.666. The van der Waals surface area contributed by atoms with Crippen molar-refractivity contribution >= 4 is 15.7 Å². The fraction of sp³-hybridized carbons (Fsp3) is 0.500. The third kappa shape index (κ3) is 5.35. The lowest BCUT2D eigenvalue weighted by atomic mass is 10.3. The van der Waals surface area contributed by atoms with E-state index in [-0.39, 0.29) is 23.0 Å². The van der Waals surface area contributed by atoms with Crippen LogP contribution >= 0.6 is 0 Å². The number of benzene rings is 1. The number of hydrogen-bond donors (Lipinski definition) is 1. The molecule has 7 heteroatoms. The van der Waals surface area contributed by atoms with Gasteiger partial charge in [-0.05, 0) is 31.2 Å². The van der Waals surface area contributed by atoms with Crippen molar-refractivity contribution in [3.63, 3.8) is 0 Å². The third-order valence-corrected chi connectivity index (χ3v) is 4.82. The van der Waals surface area contributed by atoms with E-state index in [1.165, 1.54) is 24.1 Å². The first-order valence-electron chi connectivity index (χ1n) is 6.71. The lowest BCUT2D eigenvalue weighted by molar-refractivity contribution is -0.129. The molecule has 1 rings (SSSR count).